The molecule has 1 atom stereocenters. The lowest BCUT2D eigenvalue weighted by Crippen LogP contribution is -2.39. The summed E-state index contributed by atoms with van der Waals surface area (Å²) in [4.78, 5) is 20.3. The summed E-state index contributed by atoms with van der Waals surface area (Å²) in [5, 5.41) is 15.9. The molecule has 24 heavy (non-hydrogen) atoms. The standard InChI is InChI=1S/C17H16N4O3/c22-11-13(10-12-6-2-1-3-7-12)19-16(23)17-20-15(21-24-17)14-8-4-5-9-18-14/h1-9,13,22H,10-11H2,(H,19,23)/t13-/m1/s1. The molecule has 0 saturated heterocycles. The van der Waals surface area contributed by atoms with E-state index >= 15 is 0 Å². The minimum atomic E-state index is -0.528. The molecule has 2 aromatic heterocycles. The average molecular weight is 324 g/mol. The Morgan fingerprint density at radius 2 is 1.96 bits per heavy atom. The molecule has 0 aliphatic rings. The van der Waals surface area contributed by atoms with Gasteiger partial charge < -0.3 is 14.9 Å². The highest BCUT2D eigenvalue weighted by molar-refractivity contribution is 5.90. The van der Waals surface area contributed by atoms with E-state index in [1.165, 1.54) is 0 Å². The monoisotopic (exact) mass is 324 g/mol. The second kappa shape index (κ2) is 7.47. The van der Waals surface area contributed by atoms with E-state index in [1.54, 1.807) is 24.4 Å². The van der Waals surface area contributed by atoms with Gasteiger partial charge in [0.15, 0.2) is 0 Å². The molecule has 7 nitrogen and oxygen atoms in total. The minimum Gasteiger partial charge on any atom is -0.394 e. The van der Waals surface area contributed by atoms with Gasteiger partial charge in [-0.2, -0.15) is 4.98 Å². The van der Waals surface area contributed by atoms with Crippen molar-refractivity contribution in [1.29, 1.82) is 0 Å². The molecule has 0 aliphatic carbocycles. The first-order chi connectivity index (χ1) is 11.8. The number of benzene rings is 1. The minimum absolute atomic E-state index is 0.165. The quantitative estimate of drug-likeness (QED) is 0.712. The predicted octanol–water partition coefficient (Wildman–Crippen LogP) is 1.46. The van der Waals surface area contributed by atoms with Gasteiger partial charge >= 0.3 is 11.8 Å². The second-order valence-electron chi connectivity index (χ2n) is 5.18. The maximum absolute atomic E-state index is 12.2. The van der Waals surface area contributed by atoms with Crippen molar-refractivity contribution >= 4 is 5.91 Å². The fraction of sp³-hybridized carbons (Fsp3) is 0.176. The summed E-state index contributed by atoms with van der Waals surface area (Å²) in [7, 11) is 0. The Morgan fingerprint density at radius 1 is 1.17 bits per heavy atom. The summed E-state index contributed by atoms with van der Waals surface area (Å²) in [5.41, 5.74) is 1.53. The largest absolute Gasteiger partial charge is 0.394 e. The molecule has 0 saturated carbocycles. The zero-order chi connectivity index (χ0) is 16.8. The van der Waals surface area contributed by atoms with E-state index in [2.05, 4.69) is 20.4 Å². The van der Waals surface area contributed by atoms with Gasteiger partial charge in [0.1, 0.15) is 5.69 Å². The van der Waals surface area contributed by atoms with Crippen LogP contribution in [0.2, 0.25) is 0 Å². The van der Waals surface area contributed by atoms with Crippen LogP contribution in [0.25, 0.3) is 11.5 Å². The first-order valence-electron chi connectivity index (χ1n) is 7.47. The van der Waals surface area contributed by atoms with Gasteiger partial charge in [-0.15, -0.1) is 0 Å². The molecule has 0 aliphatic heterocycles. The Kier molecular flexibility index (Phi) is 4.93. The summed E-state index contributed by atoms with van der Waals surface area (Å²) in [6.45, 7) is -0.193. The number of hydrogen-bond acceptors (Lipinski definition) is 6. The molecular weight excluding hydrogens is 308 g/mol. The zero-order valence-electron chi connectivity index (χ0n) is 12.8. The van der Waals surface area contributed by atoms with E-state index in [4.69, 9.17) is 4.52 Å². The number of pyridine rings is 1. The lowest BCUT2D eigenvalue weighted by atomic mass is 10.1. The normalized spacial score (nSPS) is 11.9. The fourth-order valence-electron chi connectivity index (χ4n) is 2.22. The highest BCUT2D eigenvalue weighted by atomic mass is 16.5. The third kappa shape index (κ3) is 3.82. The highest BCUT2D eigenvalue weighted by Crippen LogP contribution is 2.12. The number of aliphatic hydroxyl groups is 1. The maximum Gasteiger partial charge on any atom is 0.316 e. The molecule has 7 heteroatoms. The highest BCUT2D eigenvalue weighted by Gasteiger charge is 2.20. The van der Waals surface area contributed by atoms with E-state index in [0.717, 1.165) is 5.56 Å². The van der Waals surface area contributed by atoms with Crippen LogP contribution in [0.3, 0.4) is 0 Å². The van der Waals surface area contributed by atoms with Crippen LogP contribution >= 0.6 is 0 Å². The topological polar surface area (TPSA) is 101 Å². The van der Waals surface area contributed by atoms with Crippen LogP contribution in [0.5, 0.6) is 0 Å². The Balaban J connectivity index is 1.67. The smallest absolute Gasteiger partial charge is 0.316 e. The number of carbonyl (C=O) groups excluding carboxylic acids is 1. The predicted molar refractivity (Wildman–Crippen MR) is 86.0 cm³/mol. The van der Waals surface area contributed by atoms with Crippen LogP contribution in [-0.4, -0.2) is 38.8 Å². The number of carbonyl (C=O) groups is 1. The van der Waals surface area contributed by atoms with Crippen LogP contribution in [0.4, 0.5) is 0 Å². The summed E-state index contributed by atoms with van der Waals surface area (Å²) >= 11 is 0. The summed E-state index contributed by atoms with van der Waals surface area (Å²) in [6.07, 6.45) is 2.11. The molecule has 0 radical (unpaired) electrons. The average Bonchev–Trinajstić information content (AvgIpc) is 3.13. The Bertz CT molecular complexity index is 790. The van der Waals surface area contributed by atoms with Crippen molar-refractivity contribution in [2.24, 2.45) is 0 Å². The lowest BCUT2D eigenvalue weighted by Gasteiger charge is -2.14. The molecule has 0 fully saturated rings. The molecule has 1 aromatic carbocycles. The van der Waals surface area contributed by atoms with Crippen LogP contribution in [0.15, 0.2) is 59.3 Å². The van der Waals surface area contributed by atoms with Crippen molar-refractivity contribution in [3.63, 3.8) is 0 Å². The molecule has 3 aromatic rings. The fourth-order valence-corrected chi connectivity index (χ4v) is 2.22. The first kappa shape index (κ1) is 15.8. The van der Waals surface area contributed by atoms with Crippen molar-refractivity contribution in [2.45, 2.75) is 12.5 Å². The summed E-state index contributed by atoms with van der Waals surface area (Å²) in [6, 6.07) is 14.4. The van der Waals surface area contributed by atoms with Gasteiger partial charge in [0.05, 0.1) is 12.6 Å². The van der Waals surface area contributed by atoms with Gasteiger partial charge in [-0.1, -0.05) is 41.6 Å². The van der Waals surface area contributed by atoms with Crippen LogP contribution in [-0.2, 0) is 6.42 Å². The van der Waals surface area contributed by atoms with Crippen molar-refractivity contribution in [1.82, 2.24) is 20.4 Å². The van der Waals surface area contributed by atoms with E-state index in [-0.39, 0.29) is 18.3 Å². The number of nitrogens with zero attached hydrogens (tertiary/aromatic N) is 3. The summed E-state index contributed by atoms with van der Waals surface area (Å²) < 4.78 is 4.98. The number of aliphatic hydroxyl groups excluding tert-OH is 1. The van der Waals surface area contributed by atoms with Gasteiger partial charge in [-0.25, -0.2) is 0 Å². The molecular formula is C17H16N4O3. The van der Waals surface area contributed by atoms with E-state index in [9.17, 15) is 9.90 Å². The maximum atomic E-state index is 12.2. The number of rotatable bonds is 6. The van der Waals surface area contributed by atoms with Crippen molar-refractivity contribution in [2.75, 3.05) is 6.61 Å². The molecule has 0 bridgehead atoms. The molecule has 1 amide bonds. The van der Waals surface area contributed by atoms with Gasteiger partial charge in [-0.05, 0) is 24.1 Å². The first-order valence-corrected chi connectivity index (χ1v) is 7.47. The van der Waals surface area contributed by atoms with E-state index in [1.807, 2.05) is 30.3 Å². The van der Waals surface area contributed by atoms with E-state index < -0.39 is 11.9 Å². The Hall–Kier alpha value is -3.06. The van der Waals surface area contributed by atoms with Crippen LogP contribution < -0.4 is 5.32 Å². The van der Waals surface area contributed by atoms with Gasteiger partial charge in [0.2, 0.25) is 5.82 Å². The number of amides is 1. The molecule has 3 rings (SSSR count). The Labute approximate surface area is 138 Å². The van der Waals surface area contributed by atoms with Gasteiger partial charge in [-0.3, -0.25) is 9.78 Å². The van der Waals surface area contributed by atoms with Gasteiger partial charge in [0.25, 0.3) is 0 Å². The lowest BCUT2D eigenvalue weighted by molar-refractivity contribution is 0.0872. The zero-order valence-corrected chi connectivity index (χ0v) is 12.8. The van der Waals surface area contributed by atoms with E-state index in [0.29, 0.717) is 12.1 Å². The molecule has 122 valence electrons. The SMILES string of the molecule is O=C(N[C@@H](CO)Cc1ccccc1)c1nc(-c2ccccn2)no1. The second-order valence-corrected chi connectivity index (χ2v) is 5.18. The molecule has 0 unspecified atom stereocenters. The molecule has 2 heterocycles. The third-order valence-electron chi connectivity index (χ3n) is 3.39. The van der Waals surface area contributed by atoms with Crippen LogP contribution in [0.1, 0.15) is 16.2 Å². The van der Waals surface area contributed by atoms with Crippen LogP contribution in [0, 0.1) is 0 Å². The number of nitrogens with one attached hydrogen (secondary N) is 1. The Morgan fingerprint density at radius 3 is 2.67 bits per heavy atom. The summed E-state index contributed by atoms with van der Waals surface area (Å²) in [5.74, 6) is -0.453. The third-order valence-corrected chi connectivity index (χ3v) is 3.39. The molecule has 2 N–H and O–H groups in total. The van der Waals surface area contributed by atoms with Crippen molar-refractivity contribution in [3.8, 4) is 11.5 Å². The number of aromatic nitrogens is 3. The van der Waals surface area contributed by atoms with Crippen molar-refractivity contribution in [3.05, 3.63) is 66.2 Å². The van der Waals surface area contributed by atoms with Crippen molar-refractivity contribution < 1.29 is 14.4 Å². The molecule has 0 spiro atoms. The number of hydrogen-bond donors (Lipinski definition) is 2. The van der Waals surface area contributed by atoms with Gasteiger partial charge in [0, 0.05) is 6.20 Å².